The molecule has 0 radical (unpaired) electrons. The number of quaternary nitrogens is 1. The van der Waals surface area contributed by atoms with Gasteiger partial charge in [0.1, 0.15) is 0 Å². The Morgan fingerprint density at radius 1 is 0.791 bits per heavy atom. The highest BCUT2D eigenvalue weighted by Crippen LogP contribution is 2.14. The molecule has 0 spiro atoms. The number of hydrogen-bond donors (Lipinski definition) is 2. The van der Waals surface area contributed by atoms with Gasteiger partial charge in [0.15, 0.2) is 0 Å². The molecule has 1 unspecified atom stereocenters. The average molecular weight is 630 g/mol. The fourth-order valence-corrected chi connectivity index (χ4v) is 5.24. The van der Waals surface area contributed by atoms with Crippen LogP contribution in [0.2, 0.25) is 0 Å². The molecule has 43 heavy (non-hydrogen) atoms. The summed E-state index contributed by atoms with van der Waals surface area (Å²) in [6.07, 6.45) is 21.5. The standard InChI is InChI=1S/C30H57N5O.C2H6O4S/c1-3-5-6-7-8-9-10-11-12-13-14-15-16-17-18-21-30(36)34-26-29-35(4-2,27-20-23-32)28-25-33-24-19-22-31;1-2-6-7(3,4)5/h33H,3-21,24-29H2,1-2H3;2H2,1H3,(H,3,4,5). The molecule has 0 amide bonds. The summed E-state index contributed by atoms with van der Waals surface area (Å²) >= 11 is 0. The van der Waals surface area contributed by atoms with E-state index in [1.165, 1.54) is 90.4 Å². The lowest BCUT2D eigenvalue weighted by Crippen LogP contribution is -2.53. The molecule has 0 saturated carbocycles. The highest BCUT2D eigenvalue weighted by molar-refractivity contribution is 7.80. The van der Waals surface area contributed by atoms with Crippen LogP contribution in [0.15, 0.2) is 4.99 Å². The normalized spacial score (nSPS) is 13.0. The van der Waals surface area contributed by atoms with Gasteiger partial charge < -0.3 is 14.9 Å². The van der Waals surface area contributed by atoms with Crippen LogP contribution >= 0.6 is 0 Å². The first-order chi connectivity index (χ1) is 20.7. The predicted molar refractivity (Wildman–Crippen MR) is 174 cm³/mol. The van der Waals surface area contributed by atoms with Gasteiger partial charge in [-0.1, -0.05) is 96.8 Å². The van der Waals surface area contributed by atoms with Gasteiger partial charge in [0.05, 0.1) is 57.9 Å². The third-order valence-corrected chi connectivity index (χ3v) is 8.20. The van der Waals surface area contributed by atoms with Crippen LogP contribution in [0.5, 0.6) is 0 Å². The van der Waals surface area contributed by atoms with Crippen molar-refractivity contribution in [2.45, 2.75) is 136 Å². The number of nitrogens with zero attached hydrogens (tertiary/aromatic N) is 4. The second kappa shape index (κ2) is 31.7. The highest BCUT2D eigenvalue weighted by Gasteiger charge is 2.24. The first-order valence-electron chi connectivity index (χ1n) is 16.8. The van der Waals surface area contributed by atoms with E-state index in [0.717, 1.165) is 50.0 Å². The zero-order valence-electron chi connectivity index (χ0n) is 27.7. The third-order valence-electron chi connectivity index (χ3n) is 7.67. The van der Waals surface area contributed by atoms with E-state index < -0.39 is 10.4 Å². The molecule has 0 heterocycles. The van der Waals surface area contributed by atoms with Crippen LogP contribution in [0.25, 0.3) is 0 Å². The summed E-state index contributed by atoms with van der Waals surface area (Å²) in [5.41, 5.74) is 0. The van der Waals surface area contributed by atoms with Crippen LogP contribution in [0.3, 0.4) is 0 Å². The quantitative estimate of drug-likeness (QED) is 0.0331. The molecule has 0 bridgehead atoms. The third kappa shape index (κ3) is 33.0. The number of hydrogen-bond acceptors (Lipinski definition) is 8. The van der Waals surface area contributed by atoms with E-state index in [1.54, 1.807) is 0 Å². The highest BCUT2D eigenvalue weighted by atomic mass is 32.3. The lowest BCUT2D eigenvalue weighted by Gasteiger charge is -2.37. The molecule has 0 aliphatic carbocycles. The van der Waals surface area contributed by atoms with Crippen molar-refractivity contribution in [3.8, 4) is 12.1 Å². The summed E-state index contributed by atoms with van der Waals surface area (Å²) in [6, 6.07) is 4.41. The lowest BCUT2D eigenvalue weighted by molar-refractivity contribution is -0.923. The molecule has 0 aromatic heterocycles. The summed E-state index contributed by atoms with van der Waals surface area (Å²) < 4.78 is 31.4. The summed E-state index contributed by atoms with van der Waals surface area (Å²) in [6.45, 7) is 11.3. The maximum atomic E-state index is 12.2. The molecule has 0 aromatic carbocycles. The molecule has 0 aromatic rings. The van der Waals surface area contributed by atoms with Crippen LogP contribution < -0.4 is 10.4 Å². The average Bonchev–Trinajstić information content (AvgIpc) is 2.97. The van der Waals surface area contributed by atoms with Gasteiger partial charge >= 0.3 is 10.4 Å². The van der Waals surface area contributed by atoms with Crippen LogP contribution in [-0.4, -0.2) is 75.8 Å². The summed E-state index contributed by atoms with van der Waals surface area (Å²) in [5, 5.41) is 33.3. The van der Waals surface area contributed by atoms with E-state index >= 15 is 0 Å². The molecular weight excluding hydrogens is 566 g/mol. The van der Waals surface area contributed by atoms with Crippen molar-refractivity contribution in [3.63, 3.8) is 0 Å². The van der Waals surface area contributed by atoms with Crippen LogP contribution in [0, 0.1) is 22.7 Å². The van der Waals surface area contributed by atoms with Gasteiger partial charge in [0, 0.05) is 19.5 Å². The van der Waals surface area contributed by atoms with Gasteiger partial charge in [-0.05, 0) is 32.6 Å². The van der Waals surface area contributed by atoms with Crippen LogP contribution in [0.1, 0.15) is 136 Å². The van der Waals surface area contributed by atoms with Crippen molar-refractivity contribution in [2.75, 3.05) is 52.4 Å². The maximum Gasteiger partial charge on any atom is 0.397 e. The Morgan fingerprint density at radius 3 is 1.72 bits per heavy atom. The molecule has 252 valence electrons. The molecular formula is C32H63N5O5S. The second-order valence-corrected chi connectivity index (χ2v) is 12.3. The molecule has 0 aliphatic rings. The predicted octanol–water partition coefficient (Wildman–Crippen LogP) is 6.09. The van der Waals surface area contributed by atoms with E-state index in [0.29, 0.717) is 32.4 Å². The molecule has 11 heteroatoms. The Morgan fingerprint density at radius 2 is 1.30 bits per heavy atom. The van der Waals surface area contributed by atoms with Gasteiger partial charge in [-0.25, -0.2) is 4.18 Å². The van der Waals surface area contributed by atoms with Crippen molar-refractivity contribution in [1.29, 1.82) is 10.5 Å². The molecule has 0 saturated heterocycles. The lowest BCUT2D eigenvalue weighted by atomic mass is 10.0. The Hall–Kier alpha value is -1.76. The van der Waals surface area contributed by atoms with E-state index in [2.05, 4.69) is 40.5 Å². The van der Waals surface area contributed by atoms with Crippen LogP contribution in [-0.2, 0) is 14.6 Å². The number of aliphatic imine (C=N–C) groups is 1. The maximum absolute atomic E-state index is 12.2. The van der Waals surface area contributed by atoms with Gasteiger partial charge in [-0.2, -0.15) is 18.9 Å². The smallest absolute Gasteiger partial charge is 0.397 e. The summed E-state index contributed by atoms with van der Waals surface area (Å²) in [4.78, 5) is 4.33. The van der Waals surface area contributed by atoms with E-state index in [-0.39, 0.29) is 12.5 Å². The minimum Gasteiger partial charge on any atom is -0.862 e. The van der Waals surface area contributed by atoms with Crippen molar-refractivity contribution < 1.29 is 26.7 Å². The number of nitrogens with one attached hydrogen (secondary N) is 1. The van der Waals surface area contributed by atoms with E-state index in [9.17, 15) is 13.5 Å². The summed E-state index contributed by atoms with van der Waals surface area (Å²) in [7, 11) is -4.17. The number of rotatable bonds is 29. The van der Waals surface area contributed by atoms with E-state index in [4.69, 9.17) is 15.1 Å². The molecule has 0 fully saturated rings. The fraction of sp³-hybridized carbons (Fsp3) is 0.906. The van der Waals surface area contributed by atoms with Crippen molar-refractivity contribution in [1.82, 2.24) is 5.32 Å². The molecule has 1 atom stereocenters. The monoisotopic (exact) mass is 629 g/mol. The first kappa shape index (κ1) is 43.4. The van der Waals surface area contributed by atoms with E-state index in [1.807, 2.05) is 0 Å². The van der Waals surface area contributed by atoms with Gasteiger partial charge in [0.2, 0.25) is 0 Å². The molecule has 0 rings (SSSR count). The number of nitriles is 2. The zero-order chi connectivity index (χ0) is 32.5. The minimum atomic E-state index is -4.17. The van der Waals surface area contributed by atoms with Crippen molar-refractivity contribution in [2.24, 2.45) is 4.99 Å². The Labute approximate surface area is 264 Å². The molecule has 0 aliphatic heterocycles. The van der Waals surface area contributed by atoms with Gasteiger partial charge in [-0.15, -0.1) is 0 Å². The second-order valence-electron chi connectivity index (χ2n) is 11.2. The minimum absolute atomic E-state index is 0.0289. The fourth-order valence-electron chi connectivity index (χ4n) is 4.94. The summed E-state index contributed by atoms with van der Waals surface area (Å²) in [5.74, 6) is 0.0336. The van der Waals surface area contributed by atoms with Gasteiger partial charge in [-0.3, -0.25) is 9.55 Å². The van der Waals surface area contributed by atoms with Crippen molar-refractivity contribution in [3.05, 3.63) is 0 Å². The first-order valence-corrected chi connectivity index (χ1v) is 18.2. The zero-order valence-corrected chi connectivity index (χ0v) is 28.5. The van der Waals surface area contributed by atoms with Crippen molar-refractivity contribution >= 4 is 16.3 Å². The Kier molecular flexibility index (Phi) is 31.9. The van der Waals surface area contributed by atoms with Gasteiger partial charge in [0.25, 0.3) is 0 Å². The Bertz CT molecular complexity index is 842. The van der Waals surface area contributed by atoms with Crippen LogP contribution in [0.4, 0.5) is 0 Å². The topological polar surface area (TPSA) is 159 Å². The SMILES string of the molecule is CCCCCCCCCCCCCCCCCC([O-])=NCC[N+](CC)(CCC#N)CCNCCC#N.CCOS(=O)(=O)O. The number of likely N-dealkylation sites (N-methyl/N-ethyl adjacent to an activating group) is 1. The molecule has 2 N–H and O–H groups in total. The molecule has 10 nitrogen and oxygen atoms in total. The number of unbranched alkanes of at least 4 members (excludes halogenated alkanes) is 14. The Balaban J connectivity index is 0. The largest absolute Gasteiger partial charge is 0.862 e.